The van der Waals surface area contributed by atoms with Gasteiger partial charge in [-0.1, -0.05) is 0 Å². The second-order valence-corrected chi connectivity index (χ2v) is 4.57. The monoisotopic (exact) mass is 272 g/mol. The molecule has 0 fully saturated rings. The Hall–Kier alpha value is -2.37. The van der Waals surface area contributed by atoms with E-state index in [2.05, 4.69) is 19.9 Å². The molecule has 2 aromatic rings. The maximum Gasteiger partial charge on any atom is 0.256 e. The first kappa shape index (κ1) is 12.7. The Morgan fingerprint density at radius 1 is 1.15 bits per heavy atom. The molecule has 0 radical (unpaired) electrons. The van der Waals surface area contributed by atoms with Crippen molar-refractivity contribution in [1.82, 2.24) is 15.0 Å². The topological polar surface area (TPSA) is 60.4 Å². The summed E-state index contributed by atoms with van der Waals surface area (Å²) in [5.74, 6) is 1.14. The fourth-order valence-electron chi connectivity index (χ4n) is 2.38. The number of methoxy groups -OCH3 is 2. The van der Waals surface area contributed by atoms with Gasteiger partial charge in [-0.25, -0.2) is 15.0 Å². The van der Waals surface area contributed by atoms with E-state index in [9.17, 15) is 0 Å². The normalized spacial score (nSPS) is 13.8. The Bertz CT molecular complexity index is 618. The Labute approximate surface area is 117 Å². The van der Waals surface area contributed by atoms with Gasteiger partial charge in [0.05, 0.1) is 31.8 Å². The van der Waals surface area contributed by atoms with E-state index in [0.717, 1.165) is 36.5 Å². The van der Waals surface area contributed by atoms with Crippen molar-refractivity contribution in [2.75, 3.05) is 25.7 Å². The van der Waals surface area contributed by atoms with Crippen LogP contribution in [0.25, 0.3) is 0 Å². The molecule has 1 aliphatic rings. The SMILES string of the molecule is COc1cc(N2CCc3ncncc3C2)cnc1OC. The summed E-state index contributed by atoms with van der Waals surface area (Å²) in [6, 6.07) is 1.95. The first-order valence-electron chi connectivity index (χ1n) is 6.42. The van der Waals surface area contributed by atoms with Crippen LogP contribution in [0, 0.1) is 0 Å². The fourth-order valence-corrected chi connectivity index (χ4v) is 2.38. The molecule has 0 N–H and O–H groups in total. The minimum Gasteiger partial charge on any atom is -0.491 e. The molecule has 6 nitrogen and oxygen atoms in total. The summed E-state index contributed by atoms with van der Waals surface area (Å²) in [6.07, 6.45) is 6.19. The summed E-state index contributed by atoms with van der Waals surface area (Å²) in [6.45, 7) is 1.69. The Morgan fingerprint density at radius 3 is 2.85 bits per heavy atom. The van der Waals surface area contributed by atoms with Crippen molar-refractivity contribution in [2.45, 2.75) is 13.0 Å². The number of rotatable bonds is 3. The van der Waals surface area contributed by atoms with Crippen LogP contribution >= 0.6 is 0 Å². The standard InChI is InChI=1S/C14H16N4O2/c1-19-13-5-11(7-16-14(13)20-2)18-4-3-12-10(8-18)6-15-9-17-12/h5-7,9H,3-4,8H2,1-2H3. The minimum absolute atomic E-state index is 0.497. The molecule has 0 saturated heterocycles. The lowest BCUT2D eigenvalue weighted by Crippen LogP contribution is -2.31. The van der Waals surface area contributed by atoms with Crippen molar-refractivity contribution in [2.24, 2.45) is 0 Å². The molecule has 3 rings (SSSR count). The summed E-state index contributed by atoms with van der Waals surface area (Å²) in [4.78, 5) is 14.9. The summed E-state index contributed by atoms with van der Waals surface area (Å²) >= 11 is 0. The third-order valence-electron chi connectivity index (χ3n) is 3.44. The van der Waals surface area contributed by atoms with Crippen LogP contribution in [0.5, 0.6) is 11.6 Å². The molecule has 0 saturated carbocycles. The third-order valence-corrected chi connectivity index (χ3v) is 3.44. The Kier molecular flexibility index (Phi) is 3.37. The average Bonchev–Trinajstić information content (AvgIpc) is 2.53. The van der Waals surface area contributed by atoms with E-state index >= 15 is 0 Å². The van der Waals surface area contributed by atoms with Gasteiger partial charge in [0, 0.05) is 37.3 Å². The molecule has 3 heterocycles. The van der Waals surface area contributed by atoms with Crippen LogP contribution in [-0.2, 0) is 13.0 Å². The third kappa shape index (κ3) is 2.24. The highest BCUT2D eigenvalue weighted by molar-refractivity contribution is 5.53. The van der Waals surface area contributed by atoms with Crippen LogP contribution in [0.4, 0.5) is 5.69 Å². The van der Waals surface area contributed by atoms with Gasteiger partial charge in [-0.2, -0.15) is 0 Å². The first-order chi connectivity index (χ1) is 9.81. The quantitative estimate of drug-likeness (QED) is 0.843. The van der Waals surface area contributed by atoms with Crippen LogP contribution in [0.15, 0.2) is 24.8 Å². The predicted octanol–water partition coefficient (Wildman–Crippen LogP) is 1.45. The van der Waals surface area contributed by atoms with Crippen LogP contribution < -0.4 is 14.4 Å². The molecule has 0 atom stereocenters. The van der Waals surface area contributed by atoms with Gasteiger partial charge in [-0.05, 0) is 0 Å². The zero-order chi connectivity index (χ0) is 13.9. The molecule has 6 heteroatoms. The lowest BCUT2D eigenvalue weighted by Gasteiger charge is -2.29. The van der Waals surface area contributed by atoms with Crippen molar-refractivity contribution < 1.29 is 9.47 Å². The van der Waals surface area contributed by atoms with Crippen LogP contribution in [0.1, 0.15) is 11.3 Å². The van der Waals surface area contributed by atoms with E-state index in [1.54, 1.807) is 26.7 Å². The highest BCUT2D eigenvalue weighted by Crippen LogP contribution is 2.30. The average molecular weight is 272 g/mol. The largest absolute Gasteiger partial charge is 0.491 e. The van der Waals surface area contributed by atoms with E-state index in [4.69, 9.17) is 9.47 Å². The van der Waals surface area contributed by atoms with Crippen LogP contribution in [0.3, 0.4) is 0 Å². The number of hydrogen-bond donors (Lipinski definition) is 0. The van der Waals surface area contributed by atoms with Gasteiger partial charge in [0.2, 0.25) is 0 Å². The number of pyridine rings is 1. The second-order valence-electron chi connectivity index (χ2n) is 4.57. The van der Waals surface area contributed by atoms with Gasteiger partial charge in [-0.3, -0.25) is 0 Å². The molecule has 0 unspecified atom stereocenters. The van der Waals surface area contributed by atoms with E-state index < -0.39 is 0 Å². The van der Waals surface area contributed by atoms with Crippen molar-refractivity contribution in [1.29, 1.82) is 0 Å². The number of nitrogens with zero attached hydrogens (tertiary/aromatic N) is 4. The van der Waals surface area contributed by atoms with E-state index in [-0.39, 0.29) is 0 Å². The molecule has 0 bridgehead atoms. The lowest BCUT2D eigenvalue weighted by atomic mass is 10.1. The first-order valence-corrected chi connectivity index (χ1v) is 6.42. The van der Waals surface area contributed by atoms with Crippen molar-refractivity contribution in [3.05, 3.63) is 36.0 Å². The van der Waals surface area contributed by atoms with E-state index in [1.807, 2.05) is 12.3 Å². The molecule has 0 aromatic carbocycles. The van der Waals surface area contributed by atoms with Gasteiger partial charge in [0.1, 0.15) is 6.33 Å². The van der Waals surface area contributed by atoms with E-state index in [0.29, 0.717) is 11.6 Å². The predicted molar refractivity (Wildman–Crippen MR) is 74.1 cm³/mol. The van der Waals surface area contributed by atoms with Crippen molar-refractivity contribution in [3.63, 3.8) is 0 Å². The maximum absolute atomic E-state index is 5.30. The lowest BCUT2D eigenvalue weighted by molar-refractivity contribution is 0.343. The van der Waals surface area contributed by atoms with E-state index in [1.165, 1.54) is 0 Å². The van der Waals surface area contributed by atoms with Gasteiger partial charge in [0.25, 0.3) is 5.88 Å². The van der Waals surface area contributed by atoms with Gasteiger partial charge in [-0.15, -0.1) is 0 Å². The van der Waals surface area contributed by atoms with Gasteiger partial charge < -0.3 is 14.4 Å². The molecule has 1 aliphatic heterocycles. The molecular weight excluding hydrogens is 256 g/mol. The van der Waals surface area contributed by atoms with Crippen LogP contribution in [0.2, 0.25) is 0 Å². The molecule has 0 aliphatic carbocycles. The smallest absolute Gasteiger partial charge is 0.256 e. The number of hydrogen-bond acceptors (Lipinski definition) is 6. The number of ether oxygens (including phenoxy) is 2. The molecular formula is C14H16N4O2. The molecule has 2 aromatic heterocycles. The van der Waals surface area contributed by atoms with Gasteiger partial charge in [0.15, 0.2) is 5.75 Å². The Morgan fingerprint density at radius 2 is 2.05 bits per heavy atom. The molecule has 104 valence electrons. The zero-order valence-electron chi connectivity index (χ0n) is 11.5. The van der Waals surface area contributed by atoms with Crippen LogP contribution in [-0.4, -0.2) is 35.7 Å². The summed E-state index contributed by atoms with van der Waals surface area (Å²) in [5, 5.41) is 0. The number of fused-ring (bicyclic) bond motifs is 1. The molecule has 20 heavy (non-hydrogen) atoms. The highest BCUT2D eigenvalue weighted by Gasteiger charge is 2.19. The van der Waals surface area contributed by atoms with Gasteiger partial charge >= 0.3 is 0 Å². The fraction of sp³-hybridized carbons (Fsp3) is 0.357. The highest BCUT2D eigenvalue weighted by atomic mass is 16.5. The zero-order valence-corrected chi connectivity index (χ0v) is 11.5. The Balaban J connectivity index is 1.88. The van der Waals surface area contributed by atoms with Crippen molar-refractivity contribution in [3.8, 4) is 11.6 Å². The summed E-state index contributed by atoms with van der Waals surface area (Å²) in [7, 11) is 3.20. The summed E-state index contributed by atoms with van der Waals surface area (Å²) in [5.41, 5.74) is 3.30. The van der Waals surface area contributed by atoms with Crippen molar-refractivity contribution >= 4 is 5.69 Å². The number of anilines is 1. The molecule has 0 amide bonds. The number of aromatic nitrogens is 3. The summed E-state index contributed by atoms with van der Waals surface area (Å²) < 4.78 is 10.5. The molecule has 0 spiro atoms. The maximum atomic E-state index is 5.30. The minimum atomic E-state index is 0.497. The second kappa shape index (κ2) is 5.32.